The Balaban J connectivity index is 1.14. The van der Waals surface area contributed by atoms with Crippen molar-refractivity contribution >= 4 is 21.9 Å². The Bertz CT molecular complexity index is 2900. The number of nitrogens with zero attached hydrogens (tertiary/aromatic N) is 3. The fourth-order valence-corrected chi connectivity index (χ4v) is 7.45. The Labute approximate surface area is 319 Å². The minimum Gasteiger partial charge on any atom is -0.456 e. The van der Waals surface area contributed by atoms with E-state index in [0.717, 1.165) is 55.3 Å². The van der Waals surface area contributed by atoms with Crippen molar-refractivity contribution in [1.82, 2.24) is 15.0 Å². The van der Waals surface area contributed by atoms with Gasteiger partial charge in [0.25, 0.3) is 0 Å². The van der Waals surface area contributed by atoms with E-state index < -0.39 is 0 Å². The smallest absolute Gasteiger partial charge is 0.164 e. The number of rotatable bonds is 7. The molecule has 0 aliphatic rings. The van der Waals surface area contributed by atoms with Crippen LogP contribution in [0.3, 0.4) is 0 Å². The molecule has 0 atom stereocenters. The molecular weight excluding hydrogens is 671 g/mol. The van der Waals surface area contributed by atoms with Crippen LogP contribution >= 0.6 is 0 Å². The lowest BCUT2D eigenvalue weighted by molar-refractivity contribution is 0.669. The van der Waals surface area contributed by atoms with Crippen LogP contribution in [-0.2, 0) is 0 Å². The van der Waals surface area contributed by atoms with Crippen LogP contribution in [0.25, 0.3) is 101 Å². The second kappa shape index (κ2) is 13.8. The van der Waals surface area contributed by atoms with Crippen molar-refractivity contribution in [2.24, 2.45) is 0 Å². The molecular formula is C51H33N3O. The summed E-state index contributed by atoms with van der Waals surface area (Å²) in [4.78, 5) is 15.1. The van der Waals surface area contributed by atoms with E-state index in [4.69, 9.17) is 19.4 Å². The average Bonchev–Trinajstić information content (AvgIpc) is 3.66. The molecule has 0 saturated carbocycles. The average molecular weight is 704 g/mol. The van der Waals surface area contributed by atoms with Crippen molar-refractivity contribution in [3.05, 3.63) is 200 Å². The fourth-order valence-electron chi connectivity index (χ4n) is 7.45. The van der Waals surface area contributed by atoms with E-state index in [1.54, 1.807) is 0 Å². The van der Waals surface area contributed by atoms with Crippen LogP contribution < -0.4 is 0 Å². The van der Waals surface area contributed by atoms with E-state index in [1.807, 2.05) is 72.8 Å². The van der Waals surface area contributed by atoms with Gasteiger partial charge in [-0.05, 0) is 74.8 Å². The molecule has 0 bridgehead atoms. The molecule has 0 fully saturated rings. The van der Waals surface area contributed by atoms with Crippen molar-refractivity contribution in [2.45, 2.75) is 0 Å². The molecule has 0 aliphatic carbocycles. The molecule has 0 spiro atoms. The Kier molecular flexibility index (Phi) is 8.12. The van der Waals surface area contributed by atoms with Gasteiger partial charge in [0.15, 0.2) is 17.5 Å². The monoisotopic (exact) mass is 703 g/mol. The van der Waals surface area contributed by atoms with Gasteiger partial charge in [-0.3, -0.25) is 0 Å². The molecule has 0 saturated heterocycles. The second-order valence-corrected chi connectivity index (χ2v) is 13.6. The third-order valence-corrected chi connectivity index (χ3v) is 10.2. The van der Waals surface area contributed by atoms with Crippen LogP contribution in [0.1, 0.15) is 0 Å². The van der Waals surface area contributed by atoms with Crippen LogP contribution in [0.4, 0.5) is 0 Å². The van der Waals surface area contributed by atoms with Crippen LogP contribution in [0, 0.1) is 0 Å². The Morgan fingerprint density at radius 3 is 1.45 bits per heavy atom. The van der Waals surface area contributed by atoms with E-state index in [1.165, 1.54) is 27.8 Å². The Morgan fingerprint density at radius 2 is 0.782 bits per heavy atom. The zero-order chi connectivity index (χ0) is 36.6. The largest absolute Gasteiger partial charge is 0.456 e. The van der Waals surface area contributed by atoms with Crippen LogP contribution in [0.5, 0.6) is 0 Å². The van der Waals surface area contributed by atoms with Gasteiger partial charge in [0.1, 0.15) is 11.2 Å². The molecule has 2 heterocycles. The highest BCUT2D eigenvalue weighted by atomic mass is 16.3. The quantitative estimate of drug-likeness (QED) is 0.166. The molecule has 10 aromatic rings. The van der Waals surface area contributed by atoms with Crippen molar-refractivity contribution in [2.75, 3.05) is 0 Å². The van der Waals surface area contributed by atoms with Crippen molar-refractivity contribution in [3.8, 4) is 78.7 Å². The molecule has 0 amide bonds. The molecule has 2 aromatic heterocycles. The van der Waals surface area contributed by atoms with Gasteiger partial charge in [0.05, 0.1) is 0 Å². The normalized spacial score (nSPS) is 11.3. The summed E-state index contributed by atoms with van der Waals surface area (Å²) in [5.74, 6) is 1.84. The van der Waals surface area contributed by atoms with Gasteiger partial charge in [-0.15, -0.1) is 0 Å². The third-order valence-electron chi connectivity index (χ3n) is 10.2. The molecule has 55 heavy (non-hydrogen) atoms. The molecule has 4 heteroatoms. The van der Waals surface area contributed by atoms with Gasteiger partial charge >= 0.3 is 0 Å². The molecule has 0 unspecified atom stereocenters. The summed E-state index contributed by atoms with van der Waals surface area (Å²) in [6.45, 7) is 0. The lowest BCUT2D eigenvalue weighted by Gasteiger charge is -2.14. The first-order valence-corrected chi connectivity index (χ1v) is 18.4. The topological polar surface area (TPSA) is 51.8 Å². The van der Waals surface area contributed by atoms with Crippen molar-refractivity contribution in [3.63, 3.8) is 0 Å². The first kappa shape index (κ1) is 32.2. The zero-order valence-corrected chi connectivity index (χ0v) is 29.8. The highest BCUT2D eigenvalue weighted by molar-refractivity contribution is 6.13. The molecule has 10 rings (SSSR count). The van der Waals surface area contributed by atoms with Crippen molar-refractivity contribution in [1.29, 1.82) is 0 Å². The molecule has 0 aliphatic heterocycles. The number of hydrogen-bond donors (Lipinski definition) is 0. The first-order chi connectivity index (χ1) is 27.2. The first-order valence-electron chi connectivity index (χ1n) is 18.4. The predicted molar refractivity (Wildman–Crippen MR) is 225 cm³/mol. The summed E-state index contributed by atoms with van der Waals surface area (Å²) >= 11 is 0. The maximum absolute atomic E-state index is 6.49. The van der Waals surface area contributed by atoms with E-state index in [-0.39, 0.29) is 0 Å². The molecule has 258 valence electrons. The van der Waals surface area contributed by atoms with Crippen LogP contribution in [0.15, 0.2) is 205 Å². The summed E-state index contributed by atoms with van der Waals surface area (Å²) in [5.41, 5.74) is 13.6. The molecule has 0 N–H and O–H groups in total. The summed E-state index contributed by atoms with van der Waals surface area (Å²) in [5, 5.41) is 1.98. The summed E-state index contributed by atoms with van der Waals surface area (Å²) < 4.78 is 6.49. The highest BCUT2D eigenvalue weighted by Gasteiger charge is 2.19. The number of aromatic nitrogens is 3. The van der Waals surface area contributed by atoms with Crippen molar-refractivity contribution < 1.29 is 4.42 Å². The second-order valence-electron chi connectivity index (χ2n) is 13.6. The lowest BCUT2D eigenvalue weighted by Crippen LogP contribution is -2.00. The van der Waals surface area contributed by atoms with Gasteiger partial charge < -0.3 is 4.42 Å². The number of furan rings is 1. The highest BCUT2D eigenvalue weighted by Crippen LogP contribution is 2.41. The minimum atomic E-state index is 0.596. The maximum Gasteiger partial charge on any atom is 0.164 e. The van der Waals surface area contributed by atoms with E-state index in [9.17, 15) is 0 Å². The van der Waals surface area contributed by atoms with Gasteiger partial charge in [0, 0.05) is 27.5 Å². The SMILES string of the molecule is c1ccc(-c2cccc(-c3cc(-c4ccc5oc6cccc(-c7nc(-c8ccccc8)nc(-c8ccccc8)n7)c6c5c4)ccc3-c3ccccc3)c2)cc1. The Morgan fingerprint density at radius 1 is 0.273 bits per heavy atom. The van der Waals surface area contributed by atoms with Gasteiger partial charge in [0.2, 0.25) is 0 Å². The van der Waals surface area contributed by atoms with Crippen LogP contribution in [-0.4, -0.2) is 15.0 Å². The predicted octanol–water partition coefficient (Wildman–Crippen LogP) is 13.4. The van der Waals surface area contributed by atoms with E-state index in [2.05, 4.69) is 127 Å². The summed E-state index contributed by atoms with van der Waals surface area (Å²) in [7, 11) is 0. The number of fused-ring (bicyclic) bond motifs is 3. The Hall–Kier alpha value is -7.43. The third kappa shape index (κ3) is 6.16. The lowest BCUT2D eigenvalue weighted by atomic mass is 9.89. The summed E-state index contributed by atoms with van der Waals surface area (Å²) in [6.07, 6.45) is 0. The zero-order valence-electron chi connectivity index (χ0n) is 29.8. The van der Waals surface area contributed by atoms with E-state index in [0.29, 0.717) is 17.5 Å². The molecule has 4 nitrogen and oxygen atoms in total. The summed E-state index contributed by atoms with van der Waals surface area (Å²) in [6, 6.07) is 69.5. The number of hydrogen-bond acceptors (Lipinski definition) is 4. The van der Waals surface area contributed by atoms with Gasteiger partial charge in [-0.2, -0.15) is 0 Å². The van der Waals surface area contributed by atoms with Gasteiger partial charge in [-0.1, -0.05) is 170 Å². The molecule has 0 radical (unpaired) electrons. The fraction of sp³-hybridized carbons (Fsp3) is 0. The maximum atomic E-state index is 6.49. The standard InChI is InChI=1S/C51H33N3O/c1-5-15-34(16-6-1)38-23-13-24-41(31-38)44-32-39(27-29-42(44)35-17-7-2-8-18-35)40-28-30-46-45(33-40)48-43(25-14-26-47(48)55-46)51-53-49(36-19-9-3-10-20-36)52-50(54-51)37-21-11-4-12-22-37/h1-33H. The minimum absolute atomic E-state index is 0.596. The number of benzene rings is 8. The van der Waals surface area contributed by atoms with E-state index >= 15 is 0 Å². The van der Waals surface area contributed by atoms with Gasteiger partial charge in [-0.25, -0.2) is 15.0 Å². The van der Waals surface area contributed by atoms with Crippen LogP contribution in [0.2, 0.25) is 0 Å². The molecule has 8 aromatic carbocycles.